The van der Waals surface area contributed by atoms with Crippen molar-refractivity contribution < 1.29 is 14.9 Å². The lowest BCUT2D eigenvalue weighted by molar-refractivity contribution is 0.159. The fraction of sp³-hybridized carbons (Fsp3) is 0.538. The van der Waals surface area contributed by atoms with Gasteiger partial charge < -0.3 is 20.3 Å². The summed E-state index contributed by atoms with van der Waals surface area (Å²) in [6, 6.07) is 5.41. The van der Waals surface area contributed by atoms with E-state index in [0.29, 0.717) is 12.3 Å². The molecule has 0 saturated heterocycles. The zero-order valence-corrected chi connectivity index (χ0v) is 10.4. The van der Waals surface area contributed by atoms with Gasteiger partial charge in [-0.05, 0) is 25.5 Å². The maximum absolute atomic E-state index is 9.83. The van der Waals surface area contributed by atoms with Crippen LogP contribution in [0.15, 0.2) is 18.2 Å². The molecule has 0 saturated carbocycles. The number of nitrogens with one attached hydrogen (secondary N) is 1. The van der Waals surface area contributed by atoms with Gasteiger partial charge in [0.1, 0.15) is 0 Å². The van der Waals surface area contributed by atoms with E-state index >= 15 is 0 Å². The molecule has 0 aliphatic rings. The monoisotopic (exact) mass is 239 g/mol. The van der Waals surface area contributed by atoms with Gasteiger partial charge in [-0.25, -0.2) is 0 Å². The number of methoxy groups -OCH3 is 1. The molecular weight excluding hydrogens is 218 g/mol. The lowest BCUT2D eigenvalue weighted by Gasteiger charge is -2.11. The third-order valence-corrected chi connectivity index (χ3v) is 2.74. The Morgan fingerprint density at radius 1 is 1.41 bits per heavy atom. The van der Waals surface area contributed by atoms with Crippen molar-refractivity contribution in [1.82, 2.24) is 5.32 Å². The van der Waals surface area contributed by atoms with Gasteiger partial charge in [0.05, 0.1) is 13.2 Å². The smallest absolute Gasteiger partial charge is 0.162 e. The number of hydrogen-bond donors (Lipinski definition) is 3. The van der Waals surface area contributed by atoms with Gasteiger partial charge >= 0.3 is 0 Å². The third-order valence-electron chi connectivity index (χ3n) is 2.74. The normalized spacial score (nSPS) is 12.4. The standard InChI is InChI=1S/C13H21NO3/c1-3-11(15)7-8-14-9-10-5-4-6-12(17-2)13(10)16/h4-6,11,14-16H,3,7-9H2,1-2H3. The molecule has 1 unspecified atom stereocenters. The first-order valence-electron chi connectivity index (χ1n) is 5.92. The maximum atomic E-state index is 9.83. The summed E-state index contributed by atoms with van der Waals surface area (Å²) in [5.41, 5.74) is 0.801. The Labute approximate surface area is 102 Å². The Balaban J connectivity index is 2.41. The van der Waals surface area contributed by atoms with Crippen molar-refractivity contribution in [2.45, 2.75) is 32.4 Å². The van der Waals surface area contributed by atoms with Gasteiger partial charge in [0, 0.05) is 12.1 Å². The molecule has 0 radical (unpaired) electrons. The highest BCUT2D eigenvalue weighted by atomic mass is 16.5. The van der Waals surface area contributed by atoms with Crippen molar-refractivity contribution in [3.05, 3.63) is 23.8 Å². The molecule has 0 aliphatic heterocycles. The average molecular weight is 239 g/mol. The van der Waals surface area contributed by atoms with Crippen molar-refractivity contribution in [1.29, 1.82) is 0 Å². The van der Waals surface area contributed by atoms with E-state index in [2.05, 4.69) is 5.32 Å². The molecule has 3 N–H and O–H groups in total. The van der Waals surface area contributed by atoms with Crippen LogP contribution < -0.4 is 10.1 Å². The molecule has 1 rings (SSSR count). The predicted molar refractivity (Wildman–Crippen MR) is 67.3 cm³/mol. The van der Waals surface area contributed by atoms with Crippen molar-refractivity contribution in [2.24, 2.45) is 0 Å². The molecule has 96 valence electrons. The van der Waals surface area contributed by atoms with Crippen LogP contribution in [0, 0.1) is 0 Å². The largest absolute Gasteiger partial charge is 0.504 e. The second kappa shape index (κ2) is 7.14. The van der Waals surface area contributed by atoms with Crippen molar-refractivity contribution >= 4 is 0 Å². The second-order valence-electron chi connectivity index (χ2n) is 4.00. The van der Waals surface area contributed by atoms with Gasteiger partial charge in [-0.2, -0.15) is 0 Å². The molecule has 0 heterocycles. The van der Waals surface area contributed by atoms with Crippen LogP contribution in [-0.2, 0) is 6.54 Å². The number of hydrogen-bond acceptors (Lipinski definition) is 4. The fourth-order valence-electron chi connectivity index (χ4n) is 1.57. The lowest BCUT2D eigenvalue weighted by Crippen LogP contribution is -2.19. The lowest BCUT2D eigenvalue weighted by atomic mass is 10.1. The molecule has 4 nitrogen and oxygen atoms in total. The minimum atomic E-state index is -0.249. The van der Waals surface area contributed by atoms with Crippen molar-refractivity contribution in [3.63, 3.8) is 0 Å². The first-order chi connectivity index (χ1) is 8.19. The molecule has 0 bridgehead atoms. The Bertz CT molecular complexity index is 341. The van der Waals surface area contributed by atoms with E-state index in [0.717, 1.165) is 24.9 Å². The van der Waals surface area contributed by atoms with Crippen LogP contribution in [-0.4, -0.2) is 30.0 Å². The van der Waals surface area contributed by atoms with Gasteiger partial charge in [0.25, 0.3) is 0 Å². The summed E-state index contributed by atoms with van der Waals surface area (Å²) in [5.74, 6) is 0.663. The van der Waals surface area contributed by atoms with Gasteiger partial charge in [-0.3, -0.25) is 0 Å². The molecule has 1 atom stereocenters. The molecular formula is C13H21NO3. The van der Waals surface area contributed by atoms with E-state index in [-0.39, 0.29) is 11.9 Å². The molecule has 1 aromatic rings. The van der Waals surface area contributed by atoms with E-state index in [9.17, 15) is 10.2 Å². The third kappa shape index (κ3) is 4.24. The average Bonchev–Trinajstić information content (AvgIpc) is 2.36. The molecule has 0 aromatic heterocycles. The predicted octanol–water partition coefficient (Wildman–Crippen LogP) is 1.65. The summed E-state index contributed by atoms with van der Waals surface area (Å²) < 4.78 is 5.03. The molecule has 4 heteroatoms. The van der Waals surface area contributed by atoms with E-state index in [1.807, 2.05) is 19.1 Å². The Kier molecular flexibility index (Phi) is 5.80. The molecule has 1 aromatic carbocycles. The molecule has 17 heavy (non-hydrogen) atoms. The van der Waals surface area contributed by atoms with Crippen LogP contribution >= 0.6 is 0 Å². The summed E-state index contributed by atoms with van der Waals surface area (Å²) in [6.45, 7) is 3.25. The molecule has 0 aliphatic carbocycles. The Morgan fingerprint density at radius 3 is 2.82 bits per heavy atom. The van der Waals surface area contributed by atoms with Crippen LogP contribution in [0.2, 0.25) is 0 Å². The van der Waals surface area contributed by atoms with Crippen molar-refractivity contribution in [3.8, 4) is 11.5 Å². The Morgan fingerprint density at radius 2 is 2.18 bits per heavy atom. The van der Waals surface area contributed by atoms with E-state index in [4.69, 9.17) is 4.74 Å². The van der Waals surface area contributed by atoms with Crippen LogP contribution in [0.3, 0.4) is 0 Å². The minimum Gasteiger partial charge on any atom is -0.504 e. The number of benzene rings is 1. The number of para-hydroxylation sites is 1. The fourth-order valence-corrected chi connectivity index (χ4v) is 1.57. The summed E-state index contributed by atoms with van der Waals surface area (Å²) in [6.07, 6.45) is 1.24. The number of aliphatic hydroxyl groups excluding tert-OH is 1. The SMILES string of the molecule is CCC(O)CCNCc1cccc(OC)c1O. The zero-order valence-electron chi connectivity index (χ0n) is 10.4. The minimum absolute atomic E-state index is 0.179. The highest BCUT2D eigenvalue weighted by Crippen LogP contribution is 2.28. The quantitative estimate of drug-likeness (QED) is 0.633. The van der Waals surface area contributed by atoms with Crippen LogP contribution in [0.1, 0.15) is 25.3 Å². The molecule has 0 fully saturated rings. The zero-order chi connectivity index (χ0) is 12.7. The summed E-state index contributed by atoms with van der Waals surface area (Å²) in [7, 11) is 1.53. The number of aromatic hydroxyl groups is 1. The van der Waals surface area contributed by atoms with Crippen LogP contribution in [0.5, 0.6) is 11.5 Å². The highest BCUT2D eigenvalue weighted by Gasteiger charge is 2.06. The number of aliphatic hydroxyl groups is 1. The number of rotatable bonds is 7. The summed E-state index contributed by atoms with van der Waals surface area (Å²) >= 11 is 0. The summed E-state index contributed by atoms with van der Waals surface area (Å²) in [4.78, 5) is 0. The van der Waals surface area contributed by atoms with E-state index in [1.165, 1.54) is 7.11 Å². The maximum Gasteiger partial charge on any atom is 0.162 e. The van der Waals surface area contributed by atoms with Crippen LogP contribution in [0.25, 0.3) is 0 Å². The summed E-state index contributed by atoms with van der Waals surface area (Å²) in [5, 5.41) is 22.4. The second-order valence-corrected chi connectivity index (χ2v) is 4.00. The molecule has 0 spiro atoms. The number of ether oxygens (including phenoxy) is 1. The highest BCUT2D eigenvalue weighted by molar-refractivity contribution is 5.45. The Hall–Kier alpha value is -1.26. The van der Waals surface area contributed by atoms with Gasteiger partial charge in [-0.15, -0.1) is 0 Å². The van der Waals surface area contributed by atoms with Gasteiger partial charge in [0.15, 0.2) is 11.5 Å². The van der Waals surface area contributed by atoms with E-state index < -0.39 is 0 Å². The number of phenols is 1. The first-order valence-corrected chi connectivity index (χ1v) is 5.92. The first kappa shape index (κ1) is 13.8. The topological polar surface area (TPSA) is 61.7 Å². The molecule has 0 amide bonds. The van der Waals surface area contributed by atoms with Crippen molar-refractivity contribution in [2.75, 3.05) is 13.7 Å². The van der Waals surface area contributed by atoms with Gasteiger partial charge in [-0.1, -0.05) is 19.1 Å². The van der Waals surface area contributed by atoms with Gasteiger partial charge in [0.2, 0.25) is 0 Å². The number of phenolic OH excluding ortho intramolecular Hbond substituents is 1. The van der Waals surface area contributed by atoms with E-state index in [1.54, 1.807) is 6.07 Å². The van der Waals surface area contributed by atoms with Crippen LogP contribution in [0.4, 0.5) is 0 Å².